The fraction of sp³-hybridized carbons (Fsp3) is 0.467. The molecule has 1 aromatic carbocycles. The topological polar surface area (TPSA) is 18.5 Å². The van der Waals surface area contributed by atoms with E-state index in [2.05, 4.69) is 24.3 Å². The Hall–Kier alpha value is -1.28. The molecule has 90 valence electrons. The highest BCUT2D eigenvalue weighted by Crippen LogP contribution is 2.41. The average Bonchev–Trinajstić information content (AvgIpc) is 2.96. The molecule has 2 heteroatoms. The van der Waals surface area contributed by atoms with Gasteiger partial charge in [-0.2, -0.15) is 0 Å². The number of benzene rings is 1. The van der Waals surface area contributed by atoms with E-state index in [0.29, 0.717) is 24.5 Å². The van der Waals surface area contributed by atoms with Gasteiger partial charge in [-0.05, 0) is 30.5 Å². The summed E-state index contributed by atoms with van der Waals surface area (Å²) in [6.07, 6.45) is 7.68. The van der Waals surface area contributed by atoms with Gasteiger partial charge in [-0.3, -0.25) is 0 Å². The monoisotopic (exact) mass is 230 g/mol. The standard InChI is InChI=1S/C15H18O2/c1-16-14-8-2-11(3-9-14)10-17-15-12-4-5-13(15)7-6-12/h2-5,8-9,12-13,15H,6-7,10H2,1H3. The molecule has 17 heavy (non-hydrogen) atoms. The van der Waals surface area contributed by atoms with E-state index >= 15 is 0 Å². The molecular formula is C15H18O2. The molecule has 0 heterocycles. The van der Waals surface area contributed by atoms with Crippen molar-refractivity contribution in [3.05, 3.63) is 42.0 Å². The molecule has 1 aromatic rings. The normalized spacial score (nSPS) is 29.8. The maximum absolute atomic E-state index is 6.05. The van der Waals surface area contributed by atoms with Gasteiger partial charge in [-0.25, -0.2) is 0 Å². The second-order valence-electron chi connectivity index (χ2n) is 4.91. The Labute approximate surface area is 102 Å². The molecule has 1 fully saturated rings. The fourth-order valence-corrected chi connectivity index (χ4v) is 2.89. The van der Waals surface area contributed by atoms with Gasteiger partial charge in [0.05, 0.1) is 19.8 Å². The van der Waals surface area contributed by atoms with Crippen LogP contribution in [0.4, 0.5) is 0 Å². The van der Waals surface area contributed by atoms with Crippen molar-refractivity contribution in [3.63, 3.8) is 0 Å². The fourth-order valence-electron chi connectivity index (χ4n) is 2.89. The van der Waals surface area contributed by atoms with E-state index in [9.17, 15) is 0 Å². The van der Waals surface area contributed by atoms with Gasteiger partial charge in [0.15, 0.2) is 0 Å². The van der Waals surface area contributed by atoms with Crippen LogP contribution in [0.1, 0.15) is 18.4 Å². The number of fused-ring (bicyclic) bond motifs is 2. The Morgan fingerprint density at radius 3 is 2.24 bits per heavy atom. The maximum atomic E-state index is 6.05. The van der Waals surface area contributed by atoms with Crippen molar-refractivity contribution in [1.29, 1.82) is 0 Å². The van der Waals surface area contributed by atoms with E-state index in [1.807, 2.05) is 12.1 Å². The number of hydrogen-bond donors (Lipinski definition) is 0. The molecule has 3 rings (SSSR count). The van der Waals surface area contributed by atoms with E-state index in [0.717, 1.165) is 5.75 Å². The van der Waals surface area contributed by atoms with Crippen LogP contribution >= 0.6 is 0 Å². The molecule has 2 aliphatic rings. The molecule has 2 unspecified atom stereocenters. The minimum atomic E-state index is 0.428. The van der Waals surface area contributed by atoms with E-state index in [1.165, 1.54) is 18.4 Å². The summed E-state index contributed by atoms with van der Waals surface area (Å²) in [7, 11) is 1.69. The molecule has 0 N–H and O–H groups in total. The third kappa shape index (κ3) is 2.09. The summed E-state index contributed by atoms with van der Waals surface area (Å²) < 4.78 is 11.2. The second kappa shape index (κ2) is 4.53. The Morgan fingerprint density at radius 2 is 1.71 bits per heavy atom. The van der Waals surface area contributed by atoms with Crippen LogP contribution in [-0.2, 0) is 11.3 Å². The third-order valence-electron chi connectivity index (χ3n) is 3.88. The molecule has 0 spiro atoms. The first-order valence-electron chi connectivity index (χ1n) is 6.29. The van der Waals surface area contributed by atoms with Crippen LogP contribution in [-0.4, -0.2) is 13.2 Å². The van der Waals surface area contributed by atoms with E-state index < -0.39 is 0 Å². The van der Waals surface area contributed by atoms with Crippen molar-refractivity contribution < 1.29 is 9.47 Å². The van der Waals surface area contributed by atoms with Crippen molar-refractivity contribution in [2.24, 2.45) is 11.8 Å². The zero-order valence-corrected chi connectivity index (χ0v) is 10.1. The maximum Gasteiger partial charge on any atom is 0.118 e. The van der Waals surface area contributed by atoms with Gasteiger partial charge in [0.1, 0.15) is 5.75 Å². The highest BCUT2D eigenvalue weighted by Gasteiger charge is 2.38. The summed E-state index contributed by atoms with van der Waals surface area (Å²) in [5.41, 5.74) is 1.22. The molecule has 2 bridgehead atoms. The van der Waals surface area contributed by atoms with Crippen LogP contribution in [0.3, 0.4) is 0 Å². The lowest BCUT2D eigenvalue weighted by atomic mass is 10.1. The van der Waals surface area contributed by atoms with Gasteiger partial charge in [-0.1, -0.05) is 24.3 Å². The summed E-state index contributed by atoms with van der Waals surface area (Å²) in [5.74, 6) is 2.23. The highest BCUT2D eigenvalue weighted by molar-refractivity contribution is 5.26. The minimum Gasteiger partial charge on any atom is -0.497 e. The quantitative estimate of drug-likeness (QED) is 0.740. The summed E-state index contributed by atoms with van der Waals surface area (Å²) >= 11 is 0. The smallest absolute Gasteiger partial charge is 0.118 e. The number of ether oxygens (including phenoxy) is 2. The van der Waals surface area contributed by atoms with E-state index in [1.54, 1.807) is 7.11 Å². The highest BCUT2D eigenvalue weighted by atomic mass is 16.5. The zero-order chi connectivity index (χ0) is 11.7. The Balaban J connectivity index is 1.57. The molecule has 2 atom stereocenters. The van der Waals surface area contributed by atoms with Crippen molar-refractivity contribution >= 4 is 0 Å². The summed E-state index contributed by atoms with van der Waals surface area (Å²) in [5, 5.41) is 0. The summed E-state index contributed by atoms with van der Waals surface area (Å²) in [6.45, 7) is 0.712. The van der Waals surface area contributed by atoms with Crippen molar-refractivity contribution in [3.8, 4) is 5.75 Å². The number of hydrogen-bond acceptors (Lipinski definition) is 2. The number of rotatable bonds is 4. The minimum absolute atomic E-state index is 0.428. The summed E-state index contributed by atoms with van der Waals surface area (Å²) in [4.78, 5) is 0. The van der Waals surface area contributed by atoms with Crippen LogP contribution in [0, 0.1) is 11.8 Å². The van der Waals surface area contributed by atoms with Gasteiger partial charge in [0.2, 0.25) is 0 Å². The average molecular weight is 230 g/mol. The first-order chi connectivity index (χ1) is 8.36. The van der Waals surface area contributed by atoms with Crippen LogP contribution < -0.4 is 4.74 Å². The predicted octanol–water partition coefficient (Wildman–Crippen LogP) is 3.18. The molecular weight excluding hydrogens is 212 g/mol. The second-order valence-corrected chi connectivity index (χ2v) is 4.91. The van der Waals surface area contributed by atoms with Gasteiger partial charge >= 0.3 is 0 Å². The Kier molecular flexibility index (Phi) is 2.89. The van der Waals surface area contributed by atoms with Crippen molar-refractivity contribution in [2.45, 2.75) is 25.6 Å². The van der Waals surface area contributed by atoms with Gasteiger partial charge in [-0.15, -0.1) is 0 Å². The Bertz CT molecular complexity index is 393. The van der Waals surface area contributed by atoms with Crippen LogP contribution in [0.25, 0.3) is 0 Å². The van der Waals surface area contributed by atoms with E-state index in [4.69, 9.17) is 9.47 Å². The van der Waals surface area contributed by atoms with Gasteiger partial charge in [0, 0.05) is 11.8 Å². The van der Waals surface area contributed by atoms with E-state index in [-0.39, 0.29) is 0 Å². The molecule has 0 aromatic heterocycles. The third-order valence-corrected chi connectivity index (χ3v) is 3.88. The molecule has 0 amide bonds. The zero-order valence-electron chi connectivity index (χ0n) is 10.1. The molecule has 1 saturated carbocycles. The molecule has 2 aliphatic carbocycles. The SMILES string of the molecule is COc1ccc(COC2C3C=CC2CC3)cc1. The van der Waals surface area contributed by atoms with Crippen molar-refractivity contribution in [1.82, 2.24) is 0 Å². The molecule has 0 radical (unpaired) electrons. The van der Waals surface area contributed by atoms with Gasteiger partial charge < -0.3 is 9.47 Å². The van der Waals surface area contributed by atoms with Crippen LogP contribution in [0.5, 0.6) is 5.75 Å². The summed E-state index contributed by atoms with van der Waals surface area (Å²) in [6, 6.07) is 8.12. The lowest BCUT2D eigenvalue weighted by Crippen LogP contribution is -2.18. The molecule has 0 saturated heterocycles. The first kappa shape index (κ1) is 10.8. The Morgan fingerprint density at radius 1 is 1.06 bits per heavy atom. The lowest BCUT2D eigenvalue weighted by molar-refractivity contribution is 0.0167. The van der Waals surface area contributed by atoms with Gasteiger partial charge in [0.25, 0.3) is 0 Å². The molecule has 2 nitrogen and oxygen atoms in total. The van der Waals surface area contributed by atoms with Crippen LogP contribution in [0.15, 0.2) is 36.4 Å². The first-order valence-corrected chi connectivity index (χ1v) is 6.29. The van der Waals surface area contributed by atoms with Crippen LogP contribution in [0.2, 0.25) is 0 Å². The number of methoxy groups -OCH3 is 1. The lowest BCUT2D eigenvalue weighted by Gasteiger charge is -2.17. The largest absolute Gasteiger partial charge is 0.497 e. The van der Waals surface area contributed by atoms with Crippen molar-refractivity contribution in [2.75, 3.05) is 7.11 Å². The predicted molar refractivity (Wildman–Crippen MR) is 66.9 cm³/mol. The molecule has 0 aliphatic heterocycles.